The van der Waals surface area contributed by atoms with Crippen molar-refractivity contribution in [3.63, 3.8) is 0 Å². The predicted molar refractivity (Wildman–Crippen MR) is 92.6 cm³/mol. The maximum atomic E-state index is 12.5. The summed E-state index contributed by atoms with van der Waals surface area (Å²) in [5.74, 6) is -1.56. The van der Waals surface area contributed by atoms with E-state index in [1.165, 1.54) is 0 Å². The maximum Gasteiger partial charge on any atom is 0.387 e. The van der Waals surface area contributed by atoms with E-state index in [9.17, 15) is 23.7 Å². The first-order valence-corrected chi connectivity index (χ1v) is 7.91. The highest BCUT2D eigenvalue weighted by Gasteiger charge is 2.26. The molecule has 0 unspecified atom stereocenters. The molecule has 0 bridgehead atoms. The normalized spacial score (nSPS) is 10.9. The summed E-state index contributed by atoms with van der Waals surface area (Å²) >= 11 is 0. The molecule has 0 atom stereocenters. The lowest BCUT2D eigenvalue weighted by atomic mass is 10.1. The Labute approximate surface area is 156 Å². The number of fused-ring (bicyclic) bond motifs is 1. The molecule has 2 heterocycles. The van der Waals surface area contributed by atoms with Crippen molar-refractivity contribution in [2.45, 2.75) is 13.2 Å². The minimum atomic E-state index is -3.21. The first-order chi connectivity index (χ1) is 13.4. The number of hydrogen-bond acceptors (Lipinski definition) is 6. The summed E-state index contributed by atoms with van der Waals surface area (Å²) in [4.78, 5) is 27.2. The van der Waals surface area contributed by atoms with Crippen LogP contribution < -0.4 is 14.8 Å². The van der Waals surface area contributed by atoms with E-state index in [1.54, 1.807) is 22.9 Å². The van der Waals surface area contributed by atoms with E-state index in [2.05, 4.69) is 15.0 Å². The van der Waals surface area contributed by atoms with Crippen molar-refractivity contribution < 1.29 is 28.0 Å². The molecule has 0 saturated heterocycles. The van der Waals surface area contributed by atoms with Gasteiger partial charge in [-0.3, -0.25) is 14.9 Å². The van der Waals surface area contributed by atoms with Crippen LogP contribution in [0.4, 0.5) is 14.5 Å². The zero-order valence-corrected chi connectivity index (χ0v) is 14.5. The Balaban J connectivity index is 1.85. The Morgan fingerprint density at radius 1 is 1.36 bits per heavy atom. The number of carbonyl (C=O) groups excluding carboxylic acids is 1. The van der Waals surface area contributed by atoms with E-state index >= 15 is 0 Å². The molecule has 2 aromatic heterocycles. The highest BCUT2D eigenvalue weighted by molar-refractivity contribution is 5.99. The van der Waals surface area contributed by atoms with Crippen molar-refractivity contribution in [3.8, 4) is 11.5 Å². The number of nitro groups is 1. The summed E-state index contributed by atoms with van der Waals surface area (Å²) in [6.45, 7) is -3.20. The molecule has 0 aliphatic carbocycles. The Morgan fingerprint density at radius 2 is 2.14 bits per heavy atom. The fourth-order valence-electron chi connectivity index (χ4n) is 2.57. The summed E-state index contributed by atoms with van der Waals surface area (Å²) in [5, 5.41) is 13.8. The molecule has 11 heteroatoms. The number of aromatic nitrogens is 2. The van der Waals surface area contributed by atoms with Gasteiger partial charge in [-0.1, -0.05) is 6.07 Å². The lowest BCUT2D eigenvalue weighted by Gasteiger charge is -2.12. The van der Waals surface area contributed by atoms with E-state index in [-0.39, 0.29) is 17.9 Å². The molecule has 0 saturated carbocycles. The fourth-order valence-corrected chi connectivity index (χ4v) is 2.57. The molecule has 0 fully saturated rings. The topological polar surface area (TPSA) is 108 Å². The number of imidazole rings is 1. The van der Waals surface area contributed by atoms with Gasteiger partial charge in [0, 0.05) is 18.5 Å². The Morgan fingerprint density at radius 3 is 2.79 bits per heavy atom. The summed E-state index contributed by atoms with van der Waals surface area (Å²) in [7, 11) is 1.16. The van der Waals surface area contributed by atoms with Gasteiger partial charge >= 0.3 is 6.61 Å². The average molecular weight is 392 g/mol. The van der Waals surface area contributed by atoms with Crippen LogP contribution in [0.15, 0.2) is 42.7 Å². The Bertz CT molecular complexity index is 1000. The number of rotatable bonds is 7. The SMILES string of the molecule is COc1cc(C(=O)NCc2cn3ccccc3n2)c([N+](=O)[O-])cc1OC(F)F. The van der Waals surface area contributed by atoms with Gasteiger partial charge in [0.05, 0.1) is 30.3 Å². The number of hydrogen-bond donors (Lipinski definition) is 1. The zero-order valence-electron chi connectivity index (χ0n) is 14.5. The molecular weight excluding hydrogens is 378 g/mol. The molecule has 146 valence electrons. The monoisotopic (exact) mass is 392 g/mol. The van der Waals surface area contributed by atoms with Gasteiger partial charge in [0.2, 0.25) is 0 Å². The van der Waals surface area contributed by atoms with Crippen molar-refractivity contribution in [2.75, 3.05) is 7.11 Å². The lowest BCUT2D eigenvalue weighted by Crippen LogP contribution is -2.24. The molecule has 1 N–H and O–H groups in total. The van der Waals surface area contributed by atoms with Crippen molar-refractivity contribution in [1.82, 2.24) is 14.7 Å². The molecule has 3 rings (SSSR count). The standard InChI is InChI=1S/C17H14F2N4O5/c1-27-13-6-11(12(23(25)26)7-14(13)28-17(18)19)16(24)20-8-10-9-22-5-3-2-4-15(22)21-10/h2-7,9,17H,8H2,1H3,(H,20,24). The van der Waals surface area contributed by atoms with Crippen molar-refractivity contribution in [3.05, 3.63) is 64.1 Å². The number of halogens is 2. The average Bonchev–Trinajstić information content (AvgIpc) is 3.08. The predicted octanol–water partition coefficient (Wildman–Crippen LogP) is 2.78. The number of nitro benzene ring substituents is 1. The molecule has 0 spiro atoms. The Kier molecular flexibility index (Phi) is 5.34. The first kappa shape index (κ1) is 19.0. The van der Waals surface area contributed by atoms with Gasteiger partial charge in [0.15, 0.2) is 11.5 Å². The van der Waals surface area contributed by atoms with Crippen LogP contribution in [0.3, 0.4) is 0 Å². The zero-order chi connectivity index (χ0) is 20.3. The lowest BCUT2D eigenvalue weighted by molar-refractivity contribution is -0.385. The molecule has 1 aromatic carbocycles. The van der Waals surface area contributed by atoms with E-state index in [1.807, 2.05) is 12.1 Å². The van der Waals surface area contributed by atoms with Crippen molar-refractivity contribution in [2.24, 2.45) is 0 Å². The van der Waals surface area contributed by atoms with E-state index in [4.69, 9.17) is 4.74 Å². The first-order valence-electron chi connectivity index (χ1n) is 7.91. The quantitative estimate of drug-likeness (QED) is 0.489. The molecule has 1 amide bonds. The molecule has 9 nitrogen and oxygen atoms in total. The van der Waals surface area contributed by atoms with Crippen LogP contribution >= 0.6 is 0 Å². The second kappa shape index (κ2) is 7.86. The van der Waals surface area contributed by atoms with Gasteiger partial charge in [-0.15, -0.1) is 0 Å². The fraction of sp³-hybridized carbons (Fsp3) is 0.176. The van der Waals surface area contributed by atoms with Crippen LogP contribution in [0.2, 0.25) is 0 Å². The third-order valence-corrected chi connectivity index (χ3v) is 3.78. The number of nitrogens with zero attached hydrogens (tertiary/aromatic N) is 3. The minimum absolute atomic E-state index is 0.00920. The molecule has 28 heavy (non-hydrogen) atoms. The molecule has 3 aromatic rings. The van der Waals surface area contributed by atoms with Gasteiger partial charge in [-0.05, 0) is 12.1 Å². The second-order valence-electron chi connectivity index (χ2n) is 5.54. The van der Waals surface area contributed by atoms with E-state index < -0.39 is 28.9 Å². The van der Waals surface area contributed by atoms with Crippen LogP contribution in [0.1, 0.15) is 16.1 Å². The second-order valence-corrected chi connectivity index (χ2v) is 5.54. The van der Waals surface area contributed by atoms with Gasteiger partial charge < -0.3 is 19.2 Å². The van der Waals surface area contributed by atoms with Crippen LogP contribution in [-0.4, -0.2) is 33.9 Å². The summed E-state index contributed by atoms with van der Waals surface area (Å²) in [6.07, 6.45) is 3.48. The number of alkyl halides is 2. The summed E-state index contributed by atoms with van der Waals surface area (Å²) in [5.41, 5.74) is 0.163. The van der Waals surface area contributed by atoms with Crippen LogP contribution in [0.25, 0.3) is 5.65 Å². The van der Waals surface area contributed by atoms with E-state index in [0.717, 1.165) is 19.2 Å². The van der Waals surface area contributed by atoms with Crippen LogP contribution in [0.5, 0.6) is 11.5 Å². The number of methoxy groups -OCH3 is 1. The number of ether oxygens (including phenoxy) is 2. The minimum Gasteiger partial charge on any atom is -0.493 e. The smallest absolute Gasteiger partial charge is 0.387 e. The third-order valence-electron chi connectivity index (χ3n) is 3.78. The largest absolute Gasteiger partial charge is 0.493 e. The Hall–Kier alpha value is -3.76. The molecular formula is C17H14F2N4O5. The van der Waals surface area contributed by atoms with Crippen LogP contribution in [0, 0.1) is 10.1 Å². The number of amides is 1. The van der Waals surface area contributed by atoms with Gasteiger partial charge in [-0.2, -0.15) is 8.78 Å². The third kappa shape index (κ3) is 3.98. The summed E-state index contributed by atoms with van der Waals surface area (Å²) < 4.78 is 35.8. The number of carbonyl (C=O) groups is 1. The van der Waals surface area contributed by atoms with Gasteiger partial charge in [-0.25, -0.2) is 4.98 Å². The summed E-state index contributed by atoms with van der Waals surface area (Å²) in [6, 6.07) is 7.11. The van der Waals surface area contributed by atoms with Gasteiger partial charge in [0.1, 0.15) is 11.2 Å². The van der Waals surface area contributed by atoms with Crippen LogP contribution in [-0.2, 0) is 6.54 Å². The number of benzene rings is 1. The van der Waals surface area contributed by atoms with E-state index in [0.29, 0.717) is 11.3 Å². The number of nitrogens with one attached hydrogen (secondary N) is 1. The molecule has 0 radical (unpaired) electrons. The molecule has 0 aliphatic heterocycles. The van der Waals surface area contributed by atoms with Crippen molar-refractivity contribution >= 4 is 17.2 Å². The highest BCUT2D eigenvalue weighted by atomic mass is 19.3. The van der Waals surface area contributed by atoms with Gasteiger partial charge in [0.25, 0.3) is 11.6 Å². The number of pyridine rings is 1. The highest BCUT2D eigenvalue weighted by Crippen LogP contribution is 2.35. The molecule has 0 aliphatic rings. The van der Waals surface area contributed by atoms with Crippen molar-refractivity contribution in [1.29, 1.82) is 0 Å². The maximum absolute atomic E-state index is 12.5.